The van der Waals surface area contributed by atoms with Crippen molar-refractivity contribution >= 4 is 18.5 Å². The third kappa shape index (κ3) is 5.13. The summed E-state index contributed by atoms with van der Waals surface area (Å²) < 4.78 is 0. The summed E-state index contributed by atoms with van der Waals surface area (Å²) in [5.41, 5.74) is 1.72. The lowest BCUT2D eigenvalue weighted by molar-refractivity contribution is 0.0952. The van der Waals surface area contributed by atoms with E-state index in [1.807, 2.05) is 25.1 Å². The van der Waals surface area contributed by atoms with Gasteiger partial charge in [-0.25, -0.2) is 0 Å². The highest BCUT2D eigenvalue weighted by Crippen LogP contribution is 2.14. The molecule has 0 fully saturated rings. The van der Waals surface area contributed by atoms with Crippen molar-refractivity contribution in [1.82, 2.24) is 5.32 Å². The monoisotopic (exact) mass is 265 g/mol. The zero-order chi connectivity index (χ0) is 13.5. The van der Waals surface area contributed by atoms with E-state index >= 15 is 0 Å². The molecule has 0 aliphatic rings. The Balaban J connectivity index is 2.39. The van der Waals surface area contributed by atoms with Gasteiger partial charge in [0.05, 0.1) is 0 Å². The Hall–Kier alpha value is -0.960. The molecule has 0 aromatic heterocycles. The maximum absolute atomic E-state index is 12.0. The molecule has 0 saturated heterocycles. The molecule has 0 heterocycles. The van der Waals surface area contributed by atoms with Gasteiger partial charge in [-0.05, 0) is 37.0 Å². The topological polar surface area (TPSA) is 29.1 Å². The number of nitrogens with one attached hydrogen (secondary N) is 1. The minimum Gasteiger partial charge on any atom is -0.352 e. The van der Waals surface area contributed by atoms with Crippen molar-refractivity contribution in [2.45, 2.75) is 44.9 Å². The molecular formula is C15H23NOS. The van der Waals surface area contributed by atoms with Crippen molar-refractivity contribution in [3.63, 3.8) is 0 Å². The third-order valence-electron chi connectivity index (χ3n) is 2.96. The molecule has 1 N–H and O–H groups in total. The van der Waals surface area contributed by atoms with Crippen LogP contribution in [0.1, 0.15) is 49.0 Å². The van der Waals surface area contributed by atoms with Gasteiger partial charge in [0, 0.05) is 17.0 Å². The Morgan fingerprint density at radius 1 is 1.33 bits per heavy atom. The summed E-state index contributed by atoms with van der Waals surface area (Å²) in [6, 6.07) is 5.65. The van der Waals surface area contributed by atoms with Crippen molar-refractivity contribution in [3.8, 4) is 0 Å². The van der Waals surface area contributed by atoms with Gasteiger partial charge in [-0.1, -0.05) is 32.8 Å². The van der Waals surface area contributed by atoms with Crippen molar-refractivity contribution in [2.75, 3.05) is 6.54 Å². The highest BCUT2D eigenvalue weighted by Gasteiger charge is 2.08. The number of carbonyl (C=O) groups excluding carboxylic acids is 1. The number of amides is 1. The van der Waals surface area contributed by atoms with Gasteiger partial charge >= 0.3 is 0 Å². The number of thiol groups is 1. The average Bonchev–Trinajstić information content (AvgIpc) is 2.31. The smallest absolute Gasteiger partial charge is 0.251 e. The van der Waals surface area contributed by atoms with E-state index in [2.05, 4.69) is 31.8 Å². The van der Waals surface area contributed by atoms with Crippen LogP contribution in [0.5, 0.6) is 0 Å². The number of unbranched alkanes of at least 4 members (excludes halogenated alkanes) is 1. The lowest BCUT2D eigenvalue weighted by Gasteiger charge is -2.09. The zero-order valence-corrected chi connectivity index (χ0v) is 12.4. The molecule has 0 aliphatic carbocycles. The Kier molecular flexibility index (Phi) is 6.27. The quantitative estimate of drug-likeness (QED) is 0.594. The zero-order valence-electron chi connectivity index (χ0n) is 11.5. The van der Waals surface area contributed by atoms with Crippen molar-refractivity contribution < 1.29 is 4.79 Å². The lowest BCUT2D eigenvalue weighted by Crippen LogP contribution is -2.25. The fourth-order valence-electron chi connectivity index (χ4n) is 1.83. The number of rotatable bonds is 6. The Morgan fingerprint density at radius 3 is 2.72 bits per heavy atom. The van der Waals surface area contributed by atoms with Gasteiger partial charge in [0.2, 0.25) is 0 Å². The van der Waals surface area contributed by atoms with E-state index in [4.69, 9.17) is 0 Å². The Bertz CT molecular complexity index is 401. The van der Waals surface area contributed by atoms with Gasteiger partial charge in [-0.3, -0.25) is 4.79 Å². The van der Waals surface area contributed by atoms with Crippen molar-refractivity contribution in [1.29, 1.82) is 0 Å². The molecule has 0 saturated carbocycles. The Labute approximate surface area is 116 Å². The highest BCUT2D eigenvalue weighted by molar-refractivity contribution is 7.80. The summed E-state index contributed by atoms with van der Waals surface area (Å²) in [6.07, 6.45) is 3.44. The second-order valence-corrected chi connectivity index (χ2v) is 5.66. The van der Waals surface area contributed by atoms with Crippen LogP contribution in [0.25, 0.3) is 0 Å². The van der Waals surface area contributed by atoms with E-state index in [1.54, 1.807) is 0 Å². The first-order valence-electron chi connectivity index (χ1n) is 6.58. The molecular weight excluding hydrogens is 242 g/mol. The average molecular weight is 265 g/mol. The second-order valence-electron chi connectivity index (χ2n) is 5.14. The molecule has 0 spiro atoms. The molecule has 3 heteroatoms. The maximum atomic E-state index is 12.0. The van der Waals surface area contributed by atoms with E-state index in [9.17, 15) is 4.79 Å². The van der Waals surface area contributed by atoms with Gasteiger partial charge in [0.15, 0.2) is 0 Å². The predicted molar refractivity (Wildman–Crippen MR) is 79.5 cm³/mol. The first-order chi connectivity index (χ1) is 8.50. The molecule has 0 radical (unpaired) electrons. The minimum absolute atomic E-state index is 0.00736. The van der Waals surface area contributed by atoms with E-state index in [-0.39, 0.29) is 5.91 Å². The van der Waals surface area contributed by atoms with Gasteiger partial charge in [-0.15, -0.1) is 12.6 Å². The summed E-state index contributed by atoms with van der Waals surface area (Å²) in [7, 11) is 0. The summed E-state index contributed by atoms with van der Waals surface area (Å²) in [5.74, 6) is 0.747. The largest absolute Gasteiger partial charge is 0.352 e. The van der Waals surface area contributed by atoms with Gasteiger partial charge in [0.25, 0.3) is 5.91 Å². The molecule has 18 heavy (non-hydrogen) atoms. The first kappa shape index (κ1) is 15.1. The van der Waals surface area contributed by atoms with Crippen molar-refractivity contribution in [2.24, 2.45) is 5.92 Å². The van der Waals surface area contributed by atoms with Crippen LogP contribution >= 0.6 is 12.6 Å². The van der Waals surface area contributed by atoms with Gasteiger partial charge in [-0.2, -0.15) is 0 Å². The van der Waals surface area contributed by atoms with E-state index in [0.29, 0.717) is 0 Å². The number of carbonyl (C=O) groups is 1. The molecule has 100 valence electrons. The van der Waals surface area contributed by atoms with Crippen molar-refractivity contribution in [3.05, 3.63) is 29.3 Å². The fraction of sp³-hybridized carbons (Fsp3) is 0.533. The molecule has 0 atom stereocenters. The molecule has 1 rings (SSSR count). The third-order valence-corrected chi connectivity index (χ3v) is 3.24. The number of hydrogen-bond acceptors (Lipinski definition) is 2. The molecule has 1 amide bonds. The summed E-state index contributed by atoms with van der Waals surface area (Å²) >= 11 is 4.26. The van der Waals surface area contributed by atoms with Crippen LogP contribution in [0.4, 0.5) is 0 Å². The van der Waals surface area contributed by atoms with Gasteiger partial charge in [0.1, 0.15) is 0 Å². The van der Waals surface area contributed by atoms with Crippen LogP contribution < -0.4 is 5.32 Å². The Morgan fingerprint density at radius 2 is 2.06 bits per heavy atom. The standard InChI is InChI=1S/C15H23NOS/c1-11(2)6-4-5-9-16-15(17)14-10-13(18)8-7-12(14)3/h7-8,10-11,18H,4-6,9H2,1-3H3,(H,16,17). The molecule has 0 unspecified atom stereocenters. The van der Waals surface area contributed by atoms with Crippen LogP contribution in [0.2, 0.25) is 0 Å². The SMILES string of the molecule is Cc1ccc(S)cc1C(=O)NCCCCC(C)C. The molecule has 1 aromatic rings. The maximum Gasteiger partial charge on any atom is 0.251 e. The highest BCUT2D eigenvalue weighted by atomic mass is 32.1. The van der Waals surface area contributed by atoms with Gasteiger partial charge < -0.3 is 5.32 Å². The summed E-state index contributed by atoms with van der Waals surface area (Å²) in [6.45, 7) is 7.14. The predicted octanol–water partition coefficient (Wildman–Crippen LogP) is 3.84. The first-order valence-corrected chi connectivity index (χ1v) is 7.03. The molecule has 0 bridgehead atoms. The second kappa shape index (κ2) is 7.47. The van der Waals surface area contributed by atoms with Crippen LogP contribution in [-0.4, -0.2) is 12.5 Å². The van der Waals surface area contributed by atoms with E-state index in [1.165, 1.54) is 12.8 Å². The number of benzene rings is 1. The number of aryl methyl sites for hydroxylation is 1. The molecule has 1 aromatic carbocycles. The normalized spacial score (nSPS) is 10.7. The minimum atomic E-state index is 0.00736. The van der Waals surface area contributed by atoms with Crippen LogP contribution in [0.3, 0.4) is 0 Å². The molecule has 0 aliphatic heterocycles. The lowest BCUT2D eigenvalue weighted by atomic mass is 10.1. The summed E-state index contributed by atoms with van der Waals surface area (Å²) in [4.78, 5) is 12.8. The van der Waals surface area contributed by atoms with E-state index < -0.39 is 0 Å². The van der Waals surface area contributed by atoms with Crippen LogP contribution in [0, 0.1) is 12.8 Å². The molecule has 2 nitrogen and oxygen atoms in total. The van der Waals surface area contributed by atoms with Crippen LogP contribution in [0.15, 0.2) is 23.1 Å². The fourth-order valence-corrected chi connectivity index (χ4v) is 2.03. The van der Waals surface area contributed by atoms with E-state index in [0.717, 1.165) is 34.9 Å². The number of hydrogen-bond donors (Lipinski definition) is 2. The summed E-state index contributed by atoms with van der Waals surface area (Å²) in [5, 5.41) is 2.97. The van der Waals surface area contributed by atoms with Crippen LogP contribution in [-0.2, 0) is 0 Å².